The maximum absolute atomic E-state index is 14.1. The Kier molecular flexibility index (Phi) is 19.3. The quantitative estimate of drug-likeness (QED) is 0.0423. The lowest BCUT2D eigenvalue weighted by molar-refractivity contribution is -0.139. The number of thiazole rings is 1. The highest BCUT2D eigenvalue weighted by atomic mass is 32.1. The molecule has 0 radical (unpaired) electrons. The molecule has 16 heteroatoms. The van der Waals surface area contributed by atoms with Crippen LogP contribution in [0.25, 0.3) is 11.1 Å². The summed E-state index contributed by atoms with van der Waals surface area (Å²) in [5, 5.41) is 27.7. The number of ether oxygens (including phenoxy) is 5. The first-order chi connectivity index (χ1) is 34.6. The largest absolute Gasteiger partial charge is 0.491 e. The normalized spacial score (nSPS) is 15.7. The molecule has 1 aliphatic carbocycles. The molecule has 71 heavy (non-hydrogen) atoms. The number of hydrogen-bond donors (Lipinski definition) is 2. The Bertz CT molecular complexity index is 2630. The van der Waals surface area contributed by atoms with Gasteiger partial charge in [0.05, 0.1) is 68.9 Å². The minimum absolute atomic E-state index is 0.0550. The number of amides is 2. The monoisotopic (exact) mass is 983 g/mol. The molecule has 2 aliphatic rings. The summed E-state index contributed by atoms with van der Waals surface area (Å²) >= 11 is 1.40. The second kappa shape index (κ2) is 26.2. The highest BCUT2D eigenvalue weighted by Crippen LogP contribution is 2.37. The van der Waals surface area contributed by atoms with Crippen LogP contribution < -0.4 is 20.1 Å². The van der Waals surface area contributed by atoms with Crippen LogP contribution in [0.15, 0.2) is 78.2 Å². The summed E-state index contributed by atoms with van der Waals surface area (Å²) in [7, 11) is 1.74. The summed E-state index contributed by atoms with van der Waals surface area (Å²) in [6, 6.07) is 25.5. The molecule has 5 aromatic rings. The summed E-state index contributed by atoms with van der Waals surface area (Å²) < 4.78 is 30.8. The Balaban J connectivity index is 0.745. The fraction of sp³-hybridized carbons (Fsp3) is 0.455. The molecule has 1 saturated carbocycles. The van der Waals surface area contributed by atoms with Gasteiger partial charge in [0.25, 0.3) is 0 Å². The van der Waals surface area contributed by atoms with Gasteiger partial charge in [-0.15, -0.1) is 11.3 Å². The average molecular weight is 984 g/mol. The van der Waals surface area contributed by atoms with E-state index in [0.717, 1.165) is 83.8 Å². The van der Waals surface area contributed by atoms with E-state index in [1.54, 1.807) is 55.7 Å². The molecule has 1 saturated heterocycles. The van der Waals surface area contributed by atoms with Crippen molar-refractivity contribution >= 4 is 28.9 Å². The summed E-state index contributed by atoms with van der Waals surface area (Å²) in [6.45, 7) is 10.2. The first-order valence-corrected chi connectivity index (χ1v) is 25.5. The Morgan fingerprint density at radius 1 is 0.761 bits per heavy atom. The third-order valence-corrected chi connectivity index (χ3v) is 14.3. The zero-order valence-electron chi connectivity index (χ0n) is 41.2. The van der Waals surface area contributed by atoms with E-state index in [2.05, 4.69) is 27.3 Å². The predicted octanol–water partition coefficient (Wildman–Crippen LogP) is 8.10. The van der Waals surface area contributed by atoms with Gasteiger partial charge < -0.3 is 43.8 Å². The van der Waals surface area contributed by atoms with Crippen molar-refractivity contribution in [2.75, 3.05) is 66.4 Å². The molecule has 7 rings (SSSR count). The average Bonchev–Trinajstić information content (AvgIpc) is 4.16. The van der Waals surface area contributed by atoms with E-state index in [1.165, 1.54) is 11.3 Å². The number of aromatic nitrogens is 2. The Morgan fingerprint density at radius 3 is 1.96 bits per heavy atom. The van der Waals surface area contributed by atoms with Gasteiger partial charge >= 0.3 is 0 Å². The second-order valence-corrected chi connectivity index (χ2v) is 18.9. The molecule has 3 heterocycles. The molecule has 2 N–H and O–H groups in total. The van der Waals surface area contributed by atoms with Crippen molar-refractivity contribution in [1.82, 2.24) is 25.1 Å². The van der Waals surface area contributed by atoms with Gasteiger partial charge in [-0.05, 0) is 119 Å². The van der Waals surface area contributed by atoms with Crippen LogP contribution in [0.5, 0.6) is 11.5 Å². The van der Waals surface area contributed by atoms with Crippen LogP contribution in [0.1, 0.15) is 107 Å². The van der Waals surface area contributed by atoms with Crippen molar-refractivity contribution in [3.63, 3.8) is 0 Å². The topological polar surface area (TPSA) is 190 Å². The van der Waals surface area contributed by atoms with Crippen molar-refractivity contribution in [1.29, 1.82) is 10.5 Å². The van der Waals surface area contributed by atoms with Crippen molar-refractivity contribution in [2.24, 2.45) is 5.92 Å². The standard InChI is InChI=1S/C55H65N7O8S/c1-37(58-4)53(64)60-51(43-9-6-5-7-10-43)55(65)61-24-8-11-49(61)54-59-48(36-71-54)52(63)44-18-22-46(23-19-44)70-32-30-68-28-26-66-25-27-67-29-31-69-45-20-14-41(15-21-45)35-62-38(2)47(34-57)50(39(62)3)42-16-12-40(33-56)13-17-42/h12-23,36-37,43,49,51,58H,5-11,24-32,35H2,1-4H3,(H,60,64)/t37-,49-,51-/m0/s1. The maximum Gasteiger partial charge on any atom is 0.246 e. The smallest absolute Gasteiger partial charge is 0.246 e. The molecule has 3 aromatic carbocycles. The molecule has 2 fully saturated rings. The van der Waals surface area contributed by atoms with Crippen molar-refractivity contribution in [3.8, 4) is 34.8 Å². The van der Waals surface area contributed by atoms with Crippen LogP contribution in [0.2, 0.25) is 0 Å². The summed E-state index contributed by atoms with van der Waals surface area (Å²) in [6.07, 6.45) is 6.69. The van der Waals surface area contributed by atoms with E-state index in [0.29, 0.717) is 94.1 Å². The zero-order chi connectivity index (χ0) is 50.1. The minimum atomic E-state index is -0.575. The third-order valence-electron chi connectivity index (χ3n) is 13.4. The molecule has 3 atom stereocenters. The Hall–Kier alpha value is -6.40. The lowest BCUT2D eigenvalue weighted by atomic mass is 9.83. The van der Waals surface area contributed by atoms with Gasteiger partial charge in [-0.3, -0.25) is 14.4 Å². The summed E-state index contributed by atoms with van der Waals surface area (Å²) in [5.74, 6) is 1.04. The summed E-state index contributed by atoms with van der Waals surface area (Å²) in [5.41, 5.74) is 6.84. The van der Waals surface area contributed by atoms with E-state index < -0.39 is 12.1 Å². The Morgan fingerprint density at radius 2 is 1.37 bits per heavy atom. The first-order valence-electron chi connectivity index (χ1n) is 24.7. The van der Waals surface area contributed by atoms with Crippen LogP contribution in [0, 0.1) is 42.4 Å². The van der Waals surface area contributed by atoms with Gasteiger partial charge in [0.2, 0.25) is 17.6 Å². The number of hydrogen-bond acceptors (Lipinski definition) is 13. The number of likely N-dealkylation sites (tertiary alicyclic amines) is 1. The number of nitrogens with zero attached hydrogens (tertiary/aromatic N) is 5. The number of rotatable bonds is 25. The maximum atomic E-state index is 14.1. The lowest BCUT2D eigenvalue weighted by Gasteiger charge is -2.35. The first kappa shape index (κ1) is 52.4. The molecule has 0 bridgehead atoms. The number of carbonyl (C=O) groups excluding carboxylic acids is 3. The van der Waals surface area contributed by atoms with Crippen molar-refractivity contribution < 1.29 is 38.1 Å². The van der Waals surface area contributed by atoms with Crippen LogP contribution in [-0.4, -0.2) is 111 Å². The summed E-state index contributed by atoms with van der Waals surface area (Å²) in [4.78, 5) is 47.2. The van der Waals surface area contributed by atoms with Gasteiger partial charge in [0.15, 0.2) is 0 Å². The van der Waals surface area contributed by atoms with E-state index >= 15 is 0 Å². The molecule has 2 aromatic heterocycles. The fourth-order valence-electron chi connectivity index (χ4n) is 9.29. The predicted molar refractivity (Wildman–Crippen MR) is 270 cm³/mol. The molecule has 0 spiro atoms. The van der Waals surface area contributed by atoms with Gasteiger partial charge in [-0.2, -0.15) is 10.5 Å². The zero-order valence-corrected chi connectivity index (χ0v) is 42.1. The third kappa shape index (κ3) is 13.7. The molecular formula is C55H65N7O8S. The highest BCUT2D eigenvalue weighted by molar-refractivity contribution is 7.10. The minimum Gasteiger partial charge on any atom is -0.491 e. The molecule has 374 valence electrons. The number of likely N-dealkylation sites (N-methyl/N-ethyl adjacent to an activating group) is 1. The van der Waals surface area contributed by atoms with E-state index in [-0.39, 0.29) is 29.6 Å². The molecule has 1 aliphatic heterocycles. The van der Waals surface area contributed by atoms with Gasteiger partial charge in [0, 0.05) is 41.0 Å². The number of nitriles is 2. The molecular weight excluding hydrogens is 919 g/mol. The second-order valence-electron chi connectivity index (χ2n) is 18.0. The lowest BCUT2D eigenvalue weighted by Crippen LogP contribution is -2.55. The fourth-order valence-corrected chi connectivity index (χ4v) is 10.2. The van der Waals surface area contributed by atoms with Gasteiger partial charge in [0.1, 0.15) is 47.5 Å². The van der Waals surface area contributed by atoms with E-state index in [4.69, 9.17) is 28.7 Å². The number of benzene rings is 3. The van der Waals surface area contributed by atoms with Crippen molar-refractivity contribution in [3.05, 3.63) is 123 Å². The van der Waals surface area contributed by atoms with Gasteiger partial charge in [-0.1, -0.05) is 43.5 Å². The molecule has 15 nitrogen and oxygen atoms in total. The van der Waals surface area contributed by atoms with Crippen LogP contribution in [-0.2, 0) is 30.3 Å². The molecule has 2 amide bonds. The number of nitrogens with one attached hydrogen (secondary N) is 2. The Labute approximate surface area is 421 Å². The van der Waals surface area contributed by atoms with E-state index in [9.17, 15) is 24.9 Å². The van der Waals surface area contributed by atoms with Gasteiger partial charge in [-0.25, -0.2) is 4.98 Å². The van der Waals surface area contributed by atoms with Crippen LogP contribution in [0.3, 0.4) is 0 Å². The highest BCUT2D eigenvalue weighted by Gasteiger charge is 2.40. The molecule has 0 unspecified atom stereocenters. The van der Waals surface area contributed by atoms with E-state index in [1.807, 2.05) is 55.1 Å². The van der Waals surface area contributed by atoms with Crippen LogP contribution in [0.4, 0.5) is 0 Å². The number of ketones is 1. The van der Waals surface area contributed by atoms with Crippen LogP contribution >= 0.6 is 11.3 Å². The van der Waals surface area contributed by atoms with Crippen molar-refractivity contribution in [2.45, 2.75) is 90.4 Å². The SMILES string of the molecule is CN[C@@H](C)C(=O)N[C@H](C(=O)N1CCC[C@H]1c1nc(C(=O)c2ccc(OCCOCCOCCOCCOc3ccc(Cn4c(C)c(C#N)c(-c5ccc(C#N)cc5)c4C)cc3)cc2)cs1)C1CCCCC1. The number of carbonyl (C=O) groups is 3.